The van der Waals surface area contributed by atoms with Crippen molar-refractivity contribution in [3.8, 4) is 5.75 Å². The molecule has 3 aromatic carbocycles. The van der Waals surface area contributed by atoms with Gasteiger partial charge in [-0.3, -0.25) is 0 Å². The van der Waals surface area contributed by atoms with Crippen LogP contribution >= 0.6 is 24.2 Å². The van der Waals surface area contributed by atoms with Gasteiger partial charge in [0, 0.05) is 30.5 Å². The van der Waals surface area contributed by atoms with Crippen molar-refractivity contribution in [2.45, 2.75) is 24.7 Å². The third-order valence-electron chi connectivity index (χ3n) is 4.95. The third-order valence-corrected chi connectivity index (χ3v) is 6.05. The van der Waals surface area contributed by atoms with E-state index in [-0.39, 0.29) is 24.8 Å². The van der Waals surface area contributed by atoms with Gasteiger partial charge in [0.05, 0.1) is 0 Å². The van der Waals surface area contributed by atoms with E-state index in [0.717, 1.165) is 46.0 Å². The Labute approximate surface area is 197 Å². The fourth-order valence-electron chi connectivity index (χ4n) is 3.32. The molecule has 168 valence electrons. The molecule has 0 aliphatic carbocycles. The minimum absolute atomic E-state index is 0. The number of benzene rings is 3. The Morgan fingerprint density at radius 3 is 2.69 bits per heavy atom. The first-order valence-corrected chi connectivity index (χ1v) is 11.1. The van der Waals surface area contributed by atoms with Crippen molar-refractivity contribution in [1.82, 2.24) is 25.5 Å². The molecule has 0 aliphatic heterocycles. The zero-order valence-electron chi connectivity index (χ0n) is 17.7. The van der Waals surface area contributed by atoms with Gasteiger partial charge in [-0.05, 0) is 46.3 Å². The summed E-state index contributed by atoms with van der Waals surface area (Å²) in [5.74, 6) is 1.44. The second-order valence-electron chi connectivity index (χ2n) is 7.11. The van der Waals surface area contributed by atoms with E-state index in [0.29, 0.717) is 12.1 Å². The Hall–Kier alpha value is -2.68. The molecule has 0 saturated carbocycles. The number of fused-ring (bicyclic) bond motifs is 1. The molecule has 32 heavy (non-hydrogen) atoms. The van der Waals surface area contributed by atoms with Gasteiger partial charge in [-0.1, -0.05) is 60.3 Å². The van der Waals surface area contributed by atoms with E-state index < -0.39 is 0 Å². The van der Waals surface area contributed by atoms with Crippen molar-refractivity contribution >= 4 is 34.9 Å². The van der Waals surface area contributed by atoms with Gasteiger partial charge in [-0.2, -0.15) is 0 Å². The highest BCUT2D eigenvalue weighted by Crippen LogP contribution is 2.29. The van der Waals surface area contributed by atoms with E-state index in [4.69, 9.17) is 4.74 Å². The summed E-state index contributed by atoms with van der Waals surface area (Å²) in [6.45, 7) is 1.72. The maximum absolute atomic E-state index is 14.0. The van der Waals surface area contributed by atoms with E-state index in [1.54, 1.807) is 28.6 Å². The summed E-state index contributed by atoms with van der Waals surface area (Å²) in [6.07, 6.45) is 0.980. The predicted molar refractivity (Wildman–Crippen MR) is 128 cm³/mol. The van der Waals surface area contributed by atoms with E-state index in [9.17, 15) is 4.39 Å². The molecule has 0 unspecified atom stereocenters. The first-order chi connectivity index (χ1) is 15.2. The maximum atomic E-state index is 14.0. The fourth-order valence-corrected chi connectivity index (χ4v) is 4.11. The van der Waals surface area contributed by atoms with Crippen molar-refractivity contribution < 1.29 is 9.13 Å². The van der Waals surface area contributed by atoms with Gasteiger partial charge in [-0.15, -0.1) is 17.5 Å². The standard InChI is InChI=1S/C23H24FN5OS.ClH/c1-29-23(26-27-28-29)31-14-6-13-25-15-20-19-9-4-2-7-17(19)11-12-22(20)30-16-18-8-3-5-10-21(18)24;/h2-5,7-12,25H,6,13-16H2,1H3;1H. The predicted octanol–water partition coefficient (Wildman–Crippen LogP) is 4.78. The number of ether oxygens (including phenoxy) is 1. The van der Waals surface area contributed by atoms with Crippen LogP contribution in [0.2, 0.25) is 0 Å². The number of nitrogens with zero attached hydrogens (tertiary/aromatic N) is 4. The highest BCUT2D eigenvalue weighted by molar-refractivity contribution is 7.99. The molecule has 9 heteroatoms. The van der Waals surface area contributed by atoms with Crippen LogP contribution in [-0.4, -0.2) is 32.5 Å². The molecule has 1 aromatic heterocycles. The second kappa shape index (κ2) is 11.8. The van der Waals surface area contributed by atoms with E-state index in [1.807, 2.05) is 37.4 Å². The summed E-state index contributed by atoms with van der Waals surface area (Å²) in [4.78, 5) is 0. The molecule has 1 N–H and O–H groups in total. The first-order valence-electron chi connectivity index (χ1n) is 10.1. The van der Waals surface area contributed by atoms with Crippen molar-refractivity contribution in [2.75, 3.05) is 12.3 Å². The van der Waals surface area contributed by atoms with Gasteiger partial charge < -0.3 is 10.1 Å². The number of hydrogen-bond donors (Lipinski definition) is 1. The lowest BCUT2D eigenvalue weighted by atomic mass is 10.0. The van der Waals surface area contributed by atoms with Crippen LogP contribution in [0.1, 0.15) is 17.5 Å². The largest absolute Gasteiger partial charge is 0.488 e. The number of hydrogen-bond acceptors (Lipinski definition) is 6. The molecular formula is C23H25ClFN5OS. The number of aromatic nitrogens is 4. The quantitative estimate of drug-likeness (QED) is 0.264. The Morgan fingerprint density at radius 1 is 1.06 bits per heavy atom. The molecule has 4 rings (SSSR count). The summed E-state index contributed by atoms with van der Waals surface area (Å²) in [5, 5.41) is 18.1. The highest BCUT2D eigenvalue weighted by Gasteiger charge is 2.10. The Kier molecular flexibility index (Phi) is 8.84. The molecular weight excluding hydrogens is 449 g/mol. The molecule has 0 atom stereocenters. The summed E-state index contributed by atoms with van der Waals surface area (Å²) in [7, 11) is 1.84. The molecule has 0 fully saturated rings. The zero-order valence-corrected chi connectivity index (χ0v) is 19.3. The number of nitrogens with one attached hydrogen (secondary N) is 1. The second-order valence-corrected chi connectivity index (χ2v) is 8.17. The maximum Gasteiger partial charge on any atom is 0.209 e. The smallest absolute Gasteiger partial charge is 0.209 e. The molecule has 0 saturated heterocycles. The topological polar surface area (TPSA) is 64.9 Å². The summed E-state index contributed by atoms with van der Waals surface area (Å²) in [6, 6.07) is 19.0. The number of thioether (sulfide) groups is 1. The Morgan fingerprint density at radius 2 is 1.88 bits per heavy atom. The fraction of sp³-hybridized carbons (Fsp3) is 0.261. The van der Waals surface area contributed by atoms with E-state index in [1.165, 1.54) is 6.07 Å². The third kappa shape index (κ3) is 5.97. The minimum Gasteiger partial charge on any atom is -0.488 e. The number of tetrazole rings is 1. The van der Waals surface area contributed by atoms with Crippen molar-refractivity contribution in [3.05, 3.63) is 77.6 Å². The van der Waals surface area contributed by atoms with Gasteiger partial charge in [0.2, 0.25) is 5.16 Å². The van der Waals surface area contributed by atoms with Crippen molar-refractivity contribution in [2.24, 2.45) is 7.05 Å². The summed E-state index contributed by atoms with van der Waals surface area (Å²) < 4.78 is 21.7. The SMILES string of the molecule is Cl.Cn1nnnc1SCCCNCc1c(OCc2ccccc2F)ccc2ccccc12. The number of rotatable bonds is 10. The first kappa shape index (κ1) is 24.0. The number of aryl methyl sites for hydroxylation is 1. The lowest BCUT2D eigenvalue weighted by Crippen LogP contribution is -2.16. The van der Waals surface area contributed by atoms with Gasteiger partial charge in [0.25, 0.3) is 0 Å². The molecule has 1 heterocycles. The lowest BCUT2D eigenvalue weighted by Gasteiger charge is -2.15. The molecule has 6 nitrogen and oxygen atoms in total. The Balaban J connectivity index is 0.00000289. The van der Waals surface area contributed by atoms with Crippen LogP contribution in [-0.2, 0) is 20.2 Å². The van der Waals surface area contributed by atoms with Gasteiger partial charge in [0.15, 0.2) is 0 Å². The van der Waals surface area contributed by atoms with E-state index >= 15 is 0 Å². The van der Waals surface area contributed by atoms with Gasteiger partial charge in [0.1, 0.15) is 18.2 Å². The van der Waals surface area contributed by atoms with Crippen molar-refractivity contribution in [1.29, 1.82) is 0 Å². The average molecular weight is 474 g/mol. The van der Waals surface area contributed by atoms with Crippen LogP contribution in [0.5, 0.6) is 5.75 Å². The van der Waals surface area contributed by atoms with Crippen LogP contribution < -0.4 is 10.1 Å². The monoisotopic (exact) mass is 473 g/mol. The molecule has 0 amide bonds. The average Bonchev–Trinajstić information content (AvgIpc) is 3.20. The zero-order chi connectivity index (χ0) is 21.5. The Bertz CT molecular complexity index is 1160. The summed E-state index contributed by atoms with van der Waals surface area (Å²) >= 11 is 1.64. The van der Waals surface area contributed by atoms with Crippen molar-refractivity contribution in [3.63, 3.8) is 0 Å². The highest BCUT2D eigenvalue weighted by atomic mass is 35.5. The molecule has 4 aromatic rings. The van der Waals surface area contributed by atoms with Crippen LogP contribution in [0.3, 0.4) is 0 Å². The van der Waals surface area contributed by atoms with Crippen LogP contribution in [0.15, 0.2) is 65.8 Å². The van der Waals surface area contributed by atoms with Crippen LogP contribution in [0.25, 0.3) is 10.8 Å². The number of halogens is 2. The minimum atomic E-state index is -0.251. The lowest BCUT2D eigenvalue weighted by molar-refractivity contribution is 0.296. The molecule has 0 radical (unpaired) electrons. The van der Waals surface area contributed by atoms with E-state index in [2.05, 4.69) is 33.0 Å². The summed E-state index contributed by atoms with van der Waals surface area (Å²) in [5.41, 5.74) is 1.63. The van der Waals surface area contributed by atoms with Crippen LogP contribution in [0.4, 0.5) is 4.39 Å². The van der Waals surface area contributed by atoms with Gasteiger partial charge >= 0.3 is 0 Å². The molecule has 0 spiro atoms. The van der Waals surface area contributed by atoms with Gasteiger partial charge in [-0.25, -0.2) is 9.07 Å². The van der Waals surface area contributed by atoms with Crippen LogP contribution in [0, 0.1) is 5.82 Å². The normalized spacial score (nSPS) is 10.8. The molecule has 0 aliphatic rings. The molecule has 0 bridgehead atoms.